The van der Waals surface area contributed by atoms with Crippen LogP contribution in [-0.4, -0.2) is 35.4 Å². The molecule has 0 aliphatic heterocycles. The maximum absolute atomic E-state index is 12.8. The van der Waals surface area contributed by atoms with Crippen molar-refractivity contribution in [2.24, 2.45) is 0 Å². The van der Waals surface area contributed by atoms with Gasteiger partial charge in [-0.25, -0.2) is 0 Å². The number of likely N-dealkylation sites (N-methyl/N-ethyl adjacent to an activating group) is 1. The summed E-state index contributed by atoms with van der Waals surface area (Å²) < 4.78 is 38.3. The van der Waals surface area contributed by atoms with Crippen LogP contribution >= 0.6 is 0 Å². The fourth-order valence-electron chi connectivity index (χ4n) is 2.23. The fraction of sp³-hybridized carbons (Fsp3) is 0.375. The second-order valence-electron chi connectivity index (χ2n) is 5.31. The Bertz CT molecular complexity index is 715. The molecule has 0 bridgehead atoms. The Hall–Kier alpha value is -2.31. The number of benzene rings is 1. The molecule has 1 heterocycles. The average molecular weight is 325 g/mol. The van der Waals surface area contributed by atoms with Gasteiger partial charge in [0.05, 0.1) is 11.1 Å². The van der Waals surface area contributed by atoms with Crippen molar-refractivity contribution < 1.29 is 18.0 Å². The number of carbonyl (C=O) groups excluding carboxylic acids is 1. The van der Waals surface area contributed by atoms with E-state index in [-0.39, 0.29) is 11.4 Å². The molecule has 2 rings (SSSR count). The molecule has 1 aromatic heterocycles. The van der Waals surface area contributed by atoms with Crippen LogP contribution in [0.3, 0.4) is 0 Å². The lowest BCUT2D eigenvalue weighted by atomic mass is 10.1. The number of pyridine rings is 1. The van der Waals surface area contributed by atoms with E-state index in [0.29, 0.717) is 17.6 Å². The van der Waals surface area contributed by atoms with Crippen molar-refractivity contribution in [2.45, 2.75) is 26.1 Å². The van der Waals surface area contributed by atoms with Gasteiger partial charge in [0.25, 0.3) is 0 Å². The summed E-state index contributed by atoms with van der Waals surface area (Å²) in [6, 6.07) is 4.54. The van der Waals surface area contributed by atoms with E-state index in [1.54, 1.807) is 24.9 Å². The number of rotatable bonds is 4. The maximum Gasteiger partial charge on any atom is 0.416 e. The quantitative estimate of drug-likeness (QED) is 0.935. The van der Waals surface area contributed by atoms with E-state index in [1.165, 1.54) is 12.3 Å². The summed E-state index contributed by atoms with van der Waals surface area (Å²) in [5.41, 5.74) is 0.0619. The van der Waals surface area contributed by atoms with E-state index in [0.717, 1.165) is 12.1 Å². The average Bonchev–Trinajstić information content (AvgIpc) is 2.52. The van der Waals surface area contributed by atoms with Crippen molar-refractivity contribution in [3.63, 3.8) is 0 Å². The van der Waals surface area contributed by atoms with Gasteiger partial charge in [0, 0.05) is 30.9 Å². The summed E-state index contributed by atoms with van der Waals surface area (Å²) >= 11 is 0. The number of halogens is 3. The first-order valence-corrected chi connectivity index (χ1v) is 7.21. The molecule has 0 spiro atoms. The molecule has 1 unspecified atom stereocenters. The van der Waals surface area contributed by atoms with E-state index < -0.39 is 17.8 Å². The normalized spacial score (nSPS) is 13.0. The van der Waals surface area contributed by atoms with Crippen molar-refractivity contribution in [2.75, 3.05) is 18.9 Å². The van der Waals surface area contributed by atoms with Gasteiger partial charge in [-0.2, -0.15) is 13.2 Å². The molecule has 1 N–H and O–H groups in total. The minimum atomic E-state index is -4.41. The number of nitrogens with zero attached hydrogens (tertiary/aromatic N) is 2. The number of amides is 1. The lowest BCUT2D eigenvalue weighted by Crippen LogP contribution is -2.38. The van der Waals surface area contributed by atoms with E-state index >= 15 is 0 Å². The third kappa shape index (κ3) is 3.72. The zero-order valence-corrected chi connectivity index (χ0v) is 13.1. The topological polar surface area (TPSA) is 45.2 Å². The summed E-state index contributed by atoms with van der Waals surface area (Å²) in [6.07, 6.45) is -2.99. The number of anilines is 1. The standard InChI is InChI=1S/C16H18F3N3O/c1-4-22(3)15(23)10(2)21-13-7-8-20-14-9-11(16(17,18)19)5-6-12(13)14/h5-10H,4H2,1-3H3,(H,20,21). The summed E-state index contributed by atoms with van der Waals surface area (Å²) in [4.78, 5) is 17.7. The van der Waals surface area contributed by atoms with Gasteiger partial charge in [-0.15, -0.1) is 0 Å². The molecule has 0 saturated carbocycles. The van der Waals surface area contributed by atoms with Crippen molar-refractivity contribution in [3.8, 4) is 0 Å². The minimum Gasteiger partial charge on any atom is -0.373 e. The zero-order chi connectivity index (χ0) is 17.2. The number of hydrogen-bond donors (Lipinski definition) is 1. The van der Waals surface area contributed by atoms with E-state index in [4.69, 9.17) is 0 Å². The van der Waals surface area contributed by atoms with Crippen LogP contribution in [0.2, 0.25) is 0 Å². The largest absolute Gasteiger partial charge is 0.416 e. The highest BCUT2D eigenvalue weighted by Crippen LogP contribution is 2.32. The Kier molecular flexibility index (Phi) is 4.77. The van der Waals surface area contributed by atoms with Gasteiger partial charge in [0.2, 0.25) is 5.91 Å². The van der Waals surface area contributed by atoms with E-state index in [2.05, 4.69) is 10.3 Å². The summed E-state index contributed by atoms with van der Waals surface area (Å²) in [5.74, 6) is -0.0932. The van der Waals surface area contributed by atoms with Crippen molar-refractivity contribution >= 4 is 22.5 Å². The minimum absolute atomic E-state index is 0.0932. The second-order valence-corrected chi connectivity index (χ2v) is 5.31. The molecule has 124 valence electrons. The Morgan fingerprint density at radius 2 is 2.04 bits per heavy atom. The predicted octanol–water partition coefficient (Wildman–Crippen LogP) is 3.53. The maximum atomic E-state index is 12.8. The molecule has 1 atom stereocenters. The number of carbonyl (C=O) groups is 1. The van der Waals surface area contributed by atoms with Crippen molar-refractivity contribution in [3.05, 3.63) is 36.0 Å². The third-order valence-electron chi connectivity index (χ3n) is 3.66. The van der Waals surface area contributed by atoms with Crippen LogP contribution in [0.5, 0.6) is 0 Å². The number of nitrogens with one attached hydrogen (secondary N) is 1. The second kappa shape index (κ2) is 6.44. The first kappa shape index (κ1) is 17.1. The van der Waals surface area contributed by atoms with Crippen LogP contribution in [0.4, 0.5) is 18.9 Å². The molecule has 1 aromatic carbocycles. The fourth-order valence-corrected chi connectivity index (χ4v) is 2.23. The van der Waals surface area contributed by atoms with Gasteiger partial charge in [-0.3, -0.25) is 9.78 Å². The lowest BCUT2D eigenvalue weighted by Gasteiger charge is -2.22. The van der Waals surface area contributed by atoms with Crippen LogP contribution in [0.1, 0.15) is 19.4 Å². The molecule has 1 amide bonds. The summed E-state index contributed by atoms with van der Waals surface area (Å²) in [7, 11) is 1.70. The molecule has 7 heteroatoms. The van der Waals surface area contributed by atoms with Gasteiger partial charge in [-0.05, 0) is 32.0 Å². The number of hydrogen-bond acceptors (Lipinski definition) is 3. The SMILES string of the molecule is CCN(C)C(=O)C(C)Nc1ccnc2cc(C(F)(F)F)ccc12. The van der Waals surface area contributed by atoms with Crippen LogP contribution in [0.25, 0.3) is 10.9 Å². The molecule has 0 fully saturated rings. The van der Waals surface area contributed by atoms with Gasteiger partial charge in [0.1, 0.15) is 6.04 Å². The molecule has 4 nitrogen and oxygen atoms in total. The molecule has 23 heavy (non-hydrogen) atoms. The van der Waals surface area contributed by atoms with E-state index in [9.17, 15) is 18.0 Å². The Morgan fingerprint density at radius 3 is 2.65 bits per heavy atom. The van der Waals surface area contributed by atoms with Gasteiger partial charge in [-0.1, -0.05) is 6.07 Å². The third-order valence-corrected chi connectivity index (χ3v) is 3.66. The summed E-state index contributed by atoms with van der Waals surface area (Å²) in [5, 5.41) is 3.59. The van der Waals surface area contributed by atoms with Crippen LogP contribution < -0.4 is 5.32 Å². The highest BCUT2D eigenvalue weighted by molar-refractivity contribution is 5.94. The number of aromatic nitrogens is 1. The molecule has 0 radical (unpaired) electrons. The Labute approximate surface area is 132 Å². The molecule has 2 aromatic rings. The highest BCUT2D eigenvalue weighted by atomic mass is 19.4. The molecular formula is C16H18F3N3O. The monoisotopic (exact) mass is 325 g/mol. The van der Waals surface area contributed by atoms with E-state index in [1.807, 2.05) is 6.92 Å². The highest BCUT2D eigenvalue weighted by Gasteiger charge is 2.30. The molecular weight excluding hydrogens is 307 g/mol. The van der Waals surface area contributed by atoms with Crippen LogP contribution in [-0.2, 0) is 11.0 Å². The first-order valence-electron chi connectivity index (χ1n) is 7.21. The van der Waals surface area contributed by atoms with Crippen LogP contribution in [0.15, 0.2) is 30.5 Å². The van der Waals surface area contributed by atoms with Gasteiger partial charge < -0.3 is 10.2 Å². The molecule has 0 aliphatic carbocycles. The zero-order valence-electron chi connectivity index (χ0n) is 13.1. The molecule has 0 aliphatic rings. The smallest absolute Gasteiger partial charge is 0.373 e. The number of alkyl halides is 3. The van der Waals surface area contributed by atoms with Crippen molar-refractivity contribution in [1.29, 1.82) is 0 Å². The molecule has 0 saturated heterocycles. The Morgan fingerprint density at radius 1 is 1.35 bits per heavy atom. The Balaban J connectivity index is 2.33. The first-order chi connectivity index (χ1) is 10.7. The van der Waals surface area contributed by atoms with Gasteiger partial charge >= 0.3 is 6.18 Å². The summed E-state index contributed by atoms with van der Waals surface area (Å²) in [6.45, 7) is 4.16. The number of fused-ring (bicyclic) bond motifs is 1. The predicted molar refractivity (Wildman–Crippen MR) is 83.1 cm³/mol. The van der Waals surface area contributed by atoms with Crippen molar-refractivity contribution in [1.82, 2.24) is 9.88 Å². The lowest BCUT2D eigenvalue weighted by molar-refractivity contribution is -0.137. The van der Waals surface area contributed by atoms with Gasteiger partial charge in [0.15, 0.2) is 0 Å². The van der Waals surface area contributed by atoms with Crippen LogP contribution in [0, 0.1) is 0 Å².